The Bertz CT molecular complexity index is 840. The quantitative estimate of drug-likeness (QED) is 0.590. The number of hydrogen-bond donors (Lipinski definition) is 1. The van der Waals surface area contributed by atoms with Crippen LogP contribution in [0.1, 0.15) is 0 Å². The third-order valence-electron chi connectivity index (χ3n) is 2.79. The molecule has 1 N–H and O–H groups in total. The molecule has 1 aromatic heterocycles. The Morgan fingerprint density at radius 2 is 2.00 bits per heavy atom. The minimum Gasteiger partial charge on any atom is -0.330 e. The van der Waals surface area contributed by atoms with E-state index in [1.807, 2.05) is 6.07 Å². The first-order valence-corrected chi connectivity index (χ1v) is 7.00. The lowest BCUT2D eigenvalue weighted by Gasteiger charge is -2.07. The molecule has 19 heavy (non-hydrogen) atoms. The Kier molecular flexibility index (Phi) is 3.20. The van der Waals surface area contributed by atoms with Crippen LogP contribution >= 0.6 is 39.7 Å². The molecule has 0 aliphatic rings. The van der Waals surface area contributed by atoms with Crippen LogP contribution in [-0.2, 0) is 0 Å². The molecule has 2 nitrogen and oxygen atoms in total. The molecule has 0 aliphatic heterocycles. The van der Waals surface area contributed by atoms with Crippen molar-refractivity contribution in [2.24, 2.45) is 0 Å². The zero-order valence-corrected chi connectivity index (χ0v) is 12.6. The largest absolute Gasteiger partial charge is 0.330 e. The molecule has 1 heterocycles. The first-order chi connectivity index (χ1) is 9.06. The van der Waals surface area contributed by atoms with E-state index in [0.717, 1.165) is 15.5 Å². The molecule has 0 atom stereocenters. The van der Waals surface area contributed by atoms with E-state index in [1.54, 1.807) is 22.8 Å². The number of nitrogens with one attached hydrogen (secondary N) is 1. The maximum absolute atomic E-state index is 13.4. The lowest BCUT2D eigenvalue weighted by atomic mass is 10.2. The Morgan fingerprint density at radius 3 is 2.79 bits per heavy atom. The summed E-state index contributed by atoms with van der Waals surface area (Å²) >= 11 is 14.7. The number of aromatic amines is 1. The topological polar surface area (TPSA) is 20.7 Å². The van der Waals surface area contributed by atoms with Crippen molar-refractivity contribution >= 4 is 50.8 Å². The van der Waals surface area contributed by atoms with Gasteiger partial charge >= 0.3 is 0 Å². The van der Waals surface area contributed by atoms with Crippen LogP contribution in [0.25, 0.3) is 16.7 Å². The van der Waals surface area contributed by atoms with Crippen LogP contribution in [0, 0.1) is 10.6 Å². The van der Waals surface area contributed by atoms with Crippen molar-refractivity contribution < 1.29 is 4.39 Å². The van der Waals surface area contributed by atoms with E-state index >= 15 is 0 Å². The molecule has 0 aliphatic carbocycles. The van der Waals surface area contributed by atoms with E-state index in [4.69, 9.17) is 23.8 Å². The Hall–Kier alpha value is -1.17. The maximum atomic E-state index is 13.4. The van der Waals surface area contributed by atoms with Gasteiger partial charge in [0.2, 0.25) is 0 Å². The van der Waals surface area contributed by atoms with Crippen LogP contribution in [0.15, 0.2) is 40.9 Å². The second-order valence-electron chi connectivity index (χ2n) is 4.02. The van der Waals surface area contributed by atoms with Crippen LogP contribution < -0.4 is 0 Å². The van der Waals surface area contributed by atoms with Crippen molar-refractivity contribution in [2.45, 2.75) is 0 Å². The molecule has 0 saturated carbocycles. The third-order valence-corrected chi connectivity index (χ3v) is 3.98. The van der Waals surface area contributed by atoms with Crippen molar-refractivity contribution in [3.05, 3.63) is 56.5 Å². The zero-order chi connectivity index (χ0) is 13.6. The van der Waals surface area contributed by atoms with E-state index in [2.05, 4.69) is 20.9 Å². The van der Waals surface area contributed by atoms with Gasteiger partial charge in [0.15, 0.2) is 4.77 Å². The zero-order valence-electron chi connectivity index (χ0n) is 9.45. The second kappa shape index (κ2) is 4.74. The van der Waals surface area contributed by atoms with Crippen LogP contribution in [0.2, 0.25) is 5.02 Å². The second-order valence-corrected chi connectivity index (χ2v) is 5.70. The average molecular weight is 358 g/mol. The third kappa shape index (κ3) is 2.22. The molecule has 3 rings (SSSR count). The SMILES string of the molecule is Fc1ccc(Br)c(-n2c(=S)[nH]c3ccc(Cl)cc32)c1. The summed E-state index contributed by atoms with van der Waals surface area (Å²) in [6.07, 6.45) is 0. The summed E-state index contributed by atoms with van der Waals surface area (Å²) in [6.45, 7) is 0. The molecule has 0 unspecified atom stereocenters. The molecule has 3 aromatic rings. The fourth-order valence-corrected chi connectivity index (χ4v) is 2.87. The minimum absolute atomic E-state index is 0.323. The molecule has 0 spiro atoms. The van der Waals surface area contributed by atoms with Gasteiger partial charge < -0.3 is 4.98 Å². The van der Waals surface area contributed by atoms with Gasteiger partial charge in [-0.1, -0.05) is 11.6 Å². The van der Waals surface area contributed by atoms with Crippen LogP contribution in [0.3, 0.4) is 0 Å². The summed E-state index contributed by atoms with van der Waals surface area (Å²) in [5, 5.41) is 0.600. The van der Waals surface area contributed by atoms with Crippen LogP contribution in [-0.4, -0.2) is 9.55 Å². The van der Waals surface area contributed by atoms with Gasteiger partial charge in [0, 0.05) is 9.50 Å². The average Bonchev–Trinajstić information content (AvgIpc) is 2.68. The summed E-state index contributed by atoms with van der Waals surface area (Å²) in [5.41, 5.74) is 2.30. The number of hydrogen-bond acceptors (Lipinski definition) is 1. The summed E-state index contributed by atoms with van der Waals surface area (Å²) in [7, 11) is 0. The van der Waals surface area contributed by atoms with E-state index < -0.39 is 0 Å². The normalized spacial score (nSPS) is 11.1. The van der Waals surface area contributed by atoms with Gasteiger partial charge in [-0.25, -0.2) is 4.39 Å². The molecule has 0 fully saturated rings. The first kappa shape index (κ1) is 12.8. The smallest absolute Gasteiger partial charge is 0.182 e. The predicted octanol–water partition coefficient (Wildman–Crippen LogP) is 5.24. The summed E-state index contributed by atoms with van der Waals surface area (Å²) in [4.78, 5) is 3.08. The molecule has 0 radical (unpaired) electrons. The number of imidazole rings is 1. The van der Waals surface area contributed by atoms with Gasteiger partial charge in [-0.15, -0.1) is 0 Å². The van der Waals surface area contributed by atoms with Gasteiger partial charge in [-0.05, 0) is 64.5 Å². The highest BCUT2D eigenvalue weighted by Crippen LogP contribution is 2.28. The van der Waals surface area contributed by atoms with Gasteiger partial charge in [0.1, 0.15) is 5.82 Å². The highest BCUT2D eigenvalue weighted by Gasteiger charge is 2.10. The molecular weight excluding hydrogens is 351 g/mol. The fourth-order valence-electron chi connectivity index (χ4n) is 1.97. The van der Waals surface area contributed by atoms with Gasteiger partial charge in [-0.2, -0.15) is 0 Å². The van der Waals surface area contributed by atoms with Crippen molar-refractivity contribution in [2.75, 3.05) is 0 Å². The fraction of sp³-hybridized carbons (Fsp3) is 0. The van der Waals surface area contributed by atoms with Crippen molar-refractivity contribution in [1.29, 1.82) is 0 Å². The maximum Gasteiger partial charge on any atom is 0.182 e. The number of halogens is 3. The number of rotatable bonds is 1. The Labute approximate surface area is 127 Å². The lowest BCUT2D eigenvalue weighted by Crippen LogP contribution is -1.96. The number of fused-ring (bicyclic) bond motifs is 1. The molecule has 96 valence electrons. The highest BCUT2D eigenvalue weighted by atomic mass is 79.9. The van der Waals surface area contributed by atoms with Gasteiger partial charge in [-0.3, -0.25) is 4.57 Å². The first-order valence-electron chi connectivity index (χ1n) is 5.42. The van der Waals surface area contributed by atoms with E-state index in [1.165, 1.54) is 12.1 Å². The highest BCUT2D eigenvalue weighted by molar-refractivity contribution is 9.10. The Balaban J connectivity index is 2.42. The number of benzene rings is 2. The monoisotopic (exact) mass is 356 g/mol. The number of aromatic nitrogens is 2. The number of H-pyrrole nitrogens is 1. The van der Waals surface area contributed by atoms with E-state index in [9.17, 15) is 4.39 Å². The summed E-state index contributed by atoms with van der Waals surface area (Å²) < 4.78 is 16.4. The minimum atomic E-state index is -0.323. The van der Waals surface area contributed by atoms with E-state index in [0.29, 0.717) is 15.5 Å². The molecule has 0 amide bonds. The molecule has 0 saturated heterocycles. The summed E-state index contributed by atoms with van der Waals surface area (Å²) in [6, 6.07) is 9.88. The molecule has 2 aromatic carbocycles. The van der Waals surface area contributed by atoms with Crippen LogP contribution in [0.4, 0.5) is 4.39 Å². The van der Waals surface area contributed by atoms with Gasteiger partial charge in [0.05, 0.1) is 16.7 Å². The number of nitrogens with zero attached hydrogens (tertiary/aromatic N) is 1. The predicted molar refractivity (Wildman–Crippen MR) is 81.1 cm³/mol. The van der Waals surface area contributed by atoms with Gasteiger partial charge in [0.25, 0.3) is 0 Å². The van der Waals surface area contributed by atoms with Crippen molar-refractivity contribution in [3.8, 4) is 5.69 Å². The van der Waals surface area contributed by atoms with Crippen molar-refractivity contribution in [3.63, 3.8) is 0 Å². The standard InChI is InChI=1S/C13H7BrClFN2S/c14-9-3-2-8(16)6-11(9)18-12-5-7(15)1-4-10(12)17-13(18)19/h1-6H,(H,17,19). The van der Waals surface area contributed by atoms with Crippen LogP contribution in [0.5, 0.6) is 0 Å². The molecular formula is C13H7BrClFN2S. The summed E-state index contributed by atoms with van der Waals surface area (Å²) in [5.74, 6) is -0.323. The van der Waals surface area contributed by atoms with E-state index in [-0.39, 0.29) is 5.82 Å². The molecule has 6 heteroatoms. The lowest BCUT2D eigenvalue weighted by molar-refractivity contribution is 0.626. The molecule has 0 bridgehead atoms. The van der Waals surface area contributed by atoms with Crippen molar-refractivity contribution in [1.82, 2.24) is 9.55 Å². The Morgan fingerprint density at radius 1 is 1.21 bits per heavy atom.